The van der Waals surface area contributed by atoms with E-state index < -0.39 is 5.82 Å². The summed E-state index contributed by atoms with van der Waals surface area (Å²) in [7, 11) is 0. The highest BCUT2D eigenvalue weighted by molar-refractivity contribution is 6.32. The average Bonchev–Trinajstić information content (AvgIpc) is 3.32. The minimum absolute atomic E-state index is 0.0344. The Morgan fingerprint density at radius 1 is 1.16 bits per heavy atom. The van der Waals surface area contributed by atoms with Crippen molar-refractivity contribution < 1.29 is 18.1 Å². The lowest BCUT2D eigenvalue weighted by atomic mass is 10.1. The summed E-state index contributed by atoms with van der Waals surface area (Å²) in [5, 5.41) is 20.9. The van der Waals surface area contributed by atoms with Crippen LogP contribution in [0.3, 0.4) is 0 Å². The molecule has 0 saturated heterocycles. The minimum atomic E-state index is -0.718. The van der Waals surface area contributed by atoms with Gasteiger partial charge in [-0.2, -0.15) is 5.26 Å². The Hall–Kier alpha value is -3.12. The number of hydrogen-bond acceptors (Lipinski definition) is 7. The number of rotatable bonds is 5. The third kappa shape index (κ3) is 4.35. The van der Waals surface area contributed by atoms with E-state index in [1.165, 1.54) is 30.3 Å². The highest BCUT2D eigenvalue weighted by Crippen LogP contribution is 2.36. The average molecular weight is 480 g/mol. The molecule has 0 aliphatic heterocycles. The topological polar surface area (TPSA) is 98.0 Å². The van der Waals surface area contributed by atoms with Gasteiger partial charge in [0.2, 0.25) is 5.89 Å². The fraction of sp³-hybridized carbons (Fsp3) is 0.100. The Bertz CT molecular complexity index is 1310. The van der Waals surface area contributed by atoms with Crippen LogP contribution in [0.2, 0.25) is 15.2 Å². The fourth-order valence-electron chi connectivity index (χ4n) is 2.78. The lowest BCUT2D eigenvalue weighted by Gasteiger charge is -2.11. The molecule has 31 heavy (non-hydrogen) atoms. The van der Waals surface area contributed by atoms with Gasteiger partial charge in [-0.1, -0.05) is 46.0 Å². The van der Waals surface area contributed by atoms with Gasteiger partial charge in [0.05, 0.1) is 23.1 Å². The molecule has 0 fully saturated rings. The molecule has 4 rings (SSSR count). The van der Waals surface area contributed by atoms with E-state index in [1.54, 1.807) is 6.92 Å². The van der Waals surface area contributed by atoms with Crippen LogP contribution in [-0.2, 0) is 6.42 Å². The van der Waals surface area contributed by atoms with Crippen LogP contribution < -0.4 is 4.74 Å². The standard InChI is InChI=1S/C20H10Cl3FN4O3/c1-9-16(19(23)28-31-9)20-27-26-15(30-20)6-11-2-3-14(22)18(17(11)24)29-13-5-10(8-25)4-12(21)7-13/h2-5,7H,6H2,1H3. The SMILES string of the molecule is Cc1onc(Cl)c1-c1nnc(Cc2ccc(Cl)c(Oc3cc(Cl)cc(C#N)c3)c2F)o1. The van der Waals surface area contributed by atoms with Crippen LogP contribution in [0.25, 0.3) is 11.5 Å². The predicted octanol–water partition coefficient (Wildman–Crippen LogP) is 6.39. The van der Waals surface area contributed by atoms with Gasteiger partial charge in [-0.05, 0) is 31.2 Å². The molecular weight excluding hydrogens is 470 g/mol. The smallest absolute Gasteiger partial charge is 0.254 e. The summed E-state index contributed by atoms with van der Waals surface area (Å²) in [6.45, 7) is 1.65. The number of nitriles is 1. The molecule has 4 aromatic rings. The maximum Gasteiger partial charge on any atom is 0.254 e. The van der Waals surface area contributed by atoms with E-state index in [-0.39, 0.29) is 56.0 Å². The Morgan fingerprint density at radius 3 is 2.68 bits per heavy atom. The second-order valence-electron chi connectivity index (χ2n) is 6.32. The van der Waals surface area contributed by atoms with Crippen molar-refractivity contribution >= 4 is 34.8 Å². The molecule has 0 N–H and O–H groups in total. The third-order valence-corrected chi connectivity index (χ3v) is 4.97. The maximum atomic E-state index is 15.2. The van der Waals surface area contributed by atoms with Crippen molar-refractivity contribution in [2.24, 2.45) is 0 Å². The van der Waals surface area contributed by atoms with E-state index in [0.29, 0.717) is 11.3 Å². The number of benzene rings is 2. The van der Waals surface area contributed by atoms with Gasteiger partial charge in [-0.3, -0.25) is 0 Å². The summed E-state index contributed by atoms with van der Waals surface area (Å²) in [6.07, 6.45) is -0.0344. The van der Waals surface area contributed by atoms with Gasteiger partial charge in [0.25, 0.3) is 5.89 Å². The minimum Gasteiger partial charge on any atom is -0.453 e. The van der Waals surface area contributed by atoms with Crippen molar-refractivity contribution in [1.82, 2.24) is 15.4 Å². The molecule has 0 spiro atoms. The van der Waals surface area contributed by atoms with E-state index in [1.807, 2.05) is 6.07 Å². The zero-order chi connectivity index (χ0) is 22.1. The first-order chi connectivity index (χ1) is 14.9. The number of ether oxygens (including phenoxy) is 1. The molecule has 0 aliphatic rings. The van der Waals surface area contributed by atoms with Crippen LogP contribution >= 0.6 is 34.8 Å². The van der Waals surface area contributed by atoms with E-state index in [4.69, 9.17) is 53.7 Å². The van der Waals surface area contributed by atoms with Gasteiger partial charge >= 0.3 is 0 Å². The first-order valence-electron chi connectivity index (χ1n) is 8.65. The number of aromatic nitrogens is 3. The predicted molar refractivity (Wildman–Crippen MR) is 110 cm³/mol. The molecule has 0 radical (unpaired) electrons. The number of aryl methyl sites for hydroxylation is 1. The molecule has 2 heterocycles. The van der Waals surface area contributed by atoms with Crippen LogP contribution in [0.15, 0.2) is 39.3 Å². The largest absolute Gasteiger partial charge is 0.453 e. The van der Waals surface area contributed by atoms with Gasteiger partial charge in [0.1, 0.15) is 17.1 Å². The number of halogens is 4. The summed E-state index contributed by atoms with van der Waals surface area (Å²) < 4.78 is 31.3. The second kappa shape index (κ2) is 8.55. The molecule has 156 valence electrons. The Morgan fingerprint density at radius 2 is 1.97 bits per heavy atom. The molecule has 2 aromatic heterocycles. The quantitative estimate of drug-likeness (QED) is 0.327. The molecular formula is C20H10Cl3FN4O3. The molecule has 0 amide bonds. The molecule has 0 saturated carbocycles. The third-order valence-electron chi connectivity index (χ3n) is 4.19. The fourth-order valence-corrected chi connectivity index (χ4v) is 3.44. The molecule has 7 nitrogen and oxygen atoms in total. The van der Waals surface area contributed by atoms with Crippen molar-refractivity contribution in [3.63, 3.8) is 0 Å². The van der Waals surface area contributed by atoms with Gasteiger partial charge in [0, 0.05) is 10.6 Å². The normalized spacial score (nSPS) is 10.8. The lowest BCUT2D eigenvalue weighted by molar-refractivity contribution is 0.397. The second-order valence-corrected chi connectivity index (χ2v) is 7.52. The first kappa shape index (κ1) is 21.1. The molecule has 2 aromatic carbocycles. The van der Waals surface area contributed by atoms with Crippen molar-refractivity contribution in [2.75, 3.05) is 0 Å². The Labute approximate surface area is 189 Å². The van der Waals surface area contributed by atoms with Gasteiger partial charge in [-0.25, -0.2) is 4.39 Å². The molecule has 0 unspecified atom stereocenters. The molecule has 0 aliphatic carbocycles. The van der Waals surface area contributed by atoms with Crippen molar-refractivity contribution in [3.8, 4) is 29.0 Å². The summed E-state index contributed by atoms with van der Waals surface area (Å²) in [4.78, 5) is 0. The highest BCUT2D eigenvalue weighted by atomic mass is 35.5. The van der Waals surface area contributed by atoms with Gasteiger partial charge in [-0.15, -0.1) is 10.2 Å². The van der Waals surface area contributed by atoms with Crippen molar-refractivity contribution in [2.45, 2.75) is 13.3 Å². The Balaban J connectivity index is 1.63. The Kier molecular flexibility index (Phi) is 5.83. The zero-order valence-electron chi connectivity index (χ0n) is 15.6. The van der Waals surface area contributed by atoms with Gasteiger partial charge in [0.15, 0.2) is 16.7 Å². The molecule has 0 bridgehead atoms. The van der Waals surface area contributed by atoms with Crippen LogP contribution in [-0.4, -0.2) is 15.4 Å². The van der Waals surface area contributed by atoms with E-state index in [2.05, 4.69) is 15.4 Å². The molecule has 11 heteroatoms. The van der Waals surface area contributed by atoms with Crippen LogP contribution in [0.5, 0.6) is 11.5 Å². The van der Waals surface area contributed by atoms with Crippen molar-refractivity contribution in [1.29, 1.82) is 5.26 Å². The summed E-state index contributed by atoms with van der Waals surface area (Å²) >= 11 is 18.1. The van der Waals surface area contributed by atoms with E-state index in [0.717, 1.165) is 0 Å². The molecule has 0 atom stereocenters. The van der Waals surface area contributed by atoms with Crippen LogP contribution in [0.4, 0.5) is 4.39 Å². The van der Waals surface area contributed by atoms with Crippen molar-refractivity contribution in [3.05, 3.63) is 74.1 Å². The number of hydrogen-bond donors (Lipinski definition) is 0. The zero-order valence-corrected chi connectivity index (χ0v) is 17.9. The van der Waals surface area contributed by atoms with Crippen LogP contribution in [0.1, 0.15) is 22.8 Å². The summed E-state index contributed by atoms with van der Waals surface area (Å²) in [5.41, 5.74) is 0.830. The first-order valence-corrected chi connectivity index (χ1v) is 9.79. The monoisotopic (exact) mass is 478 g/mol. The van der Waals surface area contributed by atoms with Crippen LogP contribution in [0, 0.1) is 24.1 Å². The lowest BCUT2D eigenvalue weighted by Crippen LogP contribution is -1.98. The van der Waals surface area contributed by atoms with E-state index in [9.17, 15) is 0 Å². The summed E-state index contributed by atoms with van der Waals surface area (Å²) in [6, 6.07) is 9.22. The summed E-state index contributed by atoms with van der Waals surface area (Å²) in [5.74, 6) is -0.125. The van der Waals surface area contributed by atoms with Gasteiger partial charge < -0.3 is 13.7 Å². The highest BCUT2D eigenvalue weighted by Gasteiger charge is 2.21. The van der Waals surface area contributed by atoms with E-state index >= 15 is 4.39 Å². The maximum absolute atomic E-state index is 15.2. The number of nitrogens with zero attached hydrogens (tertiary/aromatic N) is 4.